The number of hydrogen-bond acceptors (Lipinski definition) is 5. The Morgan fingerprint density at radius 3 is 2.61 bits per heavy atom. The summed E-state index contributed by atoms with van der Waals surface area (Å²) < 4.78 is 4.75. The first-order valence-corrected chi connectivity index (χ1v) is 5.48. The van der Waals surface area contributed by atoms with E-state index in [1.54, 1.807) is 0 Å². The van der Waals surface area contributed by atoms with Crippen molar-refractivity contribution in [3.05, 3.63) is 39.9 Å². The van der Waals surface area contributed by atoms with Crippen molar-refractivity contribution in [3.8, 4) is 0 Å². The van der Waals surface area contributed by atoms with Crippen LogP contribution in [0.5, 0.6) is 0 Å². The van der Waals surface area contributed by atoms with E-state index in [9.17, 15) is 19.7 Å². The summed E-state index contributed by atoms with van der Waals surface area (Å²) in [5.41, 5.74) is -0.373. The first kappa shape index (κ1) is 13.8. The van der Waals surface area contributed by atoms with Gasteiger partial charge in [-0.05, 0) is 12.5 Å². The fourth-order valence-corrected chi connectivity index (χ4v) is 1.36. The zero-order chi connectivity index (χ0) is 13.5. The van der Waals surface area contributed by atoms with Crippen LogP contribution in [0.1, 0.15) is 30.1 Å². The molecule has 0 amide bonds. The minimum absolute atomic E-state index is 0.0732. The van der Waals surface area contributed by atoms with E-state index in [2.05, 4.69) is 0 Å². The quantitative estimate of drug-likeness (QED) is 0.254. The van der Waals surface area contributed by atoms with E-state index < -0.39 is 23.1 Å². The highest BCUT2D eigenvalue weighted by atomic mass is 16.6. The van der Waals surface area contributed by atoms with Crippen LogP contribution in [-0.2, 0) is 9.53 Å². The molecule has 0 saturated carbocycles. The van der Waals surface area contributed by atoms with Gasteiger partial charge >= 0.3 is 5.97 Å². The number of esters is 1. The fraction of sp³-hybridized carbons (Fsp3) is 0.333. The molecule has 0 heterocycles. The normalized spacial score (nSPS) is 9.83. The van der Waals surface area contributed by atoms with E-state index in [4.69, 9.17) is 4.74 Å². The second-order valence-electron chi connectivity index (χ2n) is 3.59. The largest absolute Gasteiger partial charge is 0.465 e. The van der Waals surface area contributed by atoms with E-state index in [-0.39, 0.29) is 17.9 Å². The topological polar surface area (TPSA) is 86.5 Å². The highest BCUT2D eigenvalue weighted by molar-refractivity contribution is 6.08. The SMILES string of the molecule is CCCOC(=O)CC(=O)c1ccccc1[N+](=O)[O-]. The van der Waals surface area contributed by atoms with Crippen molar-refractivity contribution in [2.45, 2.75) is 19.8 Å². The van der Waals surface area contributed by atoms with Crippen molar-refractivity contribution in [3.63, 3.8) is 0 Å². The minimum atomic E-state index is -0.667. The van der Waals surface area contributed by atoms with Gasteiger partial charge < -0.3 is 4.74 Å². The Labute approximate surface area is 104 Å². The number of rotatable bonds is 6. The Morgan fingerprint density at radius 2 is 2.00 bits per heavy atom. The molecule has 0 fully saturated rings. The van der Waals surface area contributed by atoms with Gasteiger partial charge in [0.2, 0.25) is 0 Å². The second kappa shape index (κ2) is 6.48. The van der Waals surface area contributed by atoms with Gasteiger partial charge in [0.05, 0.1) is 17.1 Å². The van der Waals surface area contributed by atoms with Crippen LogP contribution in [0.15, 0.2) is 24.3 Å². The molecule has 6 heteroatoms. The second-order valence-corrected chi connectivity index (χ2v) is 3.59. The van der Waals surface area contributed by atoms with Gasteiger partial charge in [0.1, 0.15) is 6.42 Å². The van der Waals surface area contributed by atoms with Crippen LogP contribution >= 0.6 is 0 Å². The molecule has 1 aromatic carbocycles. The molecule has 0 spiro atoms. The van der Waals surface area contributed by atoms with Gasteiger partial charge in [0.25, 0.3) is 5.69 Å². The van der Waals surface area contributed by atoms with Gasteiger partial charge in [-0.1, -0.05) is 19.1 Å². The monoisotopic (exact) mass is 251 g/mol. The van der Waals surface area contributed by atoms with Crippen LogP contribution in [0.2, 0.25) is 0 Å². The predicted octanol–water partition coefficient (Wildman–Crippen LogP) is 2.12. The van der Waals surface area contributed by atoms with Crippen LogP contribution in [0, 0.1) is 10.1 Å². The molecule has 0 N–H and O–H groups in total. The molecule has 0 aromatic heterocycles. The number of ketones is 1. The standard InChI is InChI=1S/C12H13NO5/c1-2-7-18-12(15)8-11(14)9-5-3-4-6-10(9)13(16)17/h3-6H,2,7-8H2,1H3. The van der Waals surface area contributed by atoms with Crippen molar-refractivity contribution < 1.29 is 19.2 Å². The molecule has 0 aliphatic carbocycles. The fourth-order valence-electron chi connectivity index (χ4n) is 1.36. The summed E-state index contributed by atoms with van der Waals surface area (Å²) in [6, 6.07) is 5.53. The number of nitro groups is 1. The number of benzene rings is 1. The predicted molar refractivity (Wildman–Crippen MR) is 63.3 cm³/mol. The van der Waals surface area contributed by atoms with Gasteiger partial charge in [-0.3, -0.25) is 19.7 Å². The Morgan fingerprint density at radius 1 is 1.33 bits per heavy atom. The number of hydrogen-bond donors (Lipinski definition) is 0. The first-order valence-electron chi connectivity index (χ1n) is 5.48. The first-order chi connectivity index (χ1) is 8.56. The van der Waals surface area contributed by atoms with Gasteiger partial charge in [-0.15, -0.1) is 0 Å². The number of ether oxygens (including phenoxy) is 1. The summed E-state index contributed by atoms with van der Waals surface area (Å²) >= 11 is 0. The molecule has 0 bridgehead atoms. The average Bonchev–Trinajstić information content (AvgIpc) is 2.36. The Kier molecular flexibility index (Phi) is 4.98. The molecule has 1 rings (SSSR count). The lowest BCUT2D eigenvalue weighted by Crippen LogP contribution is -2.13. The molecule has 1 aromatic rings. The number of nitro benzene ring substituents is 1. The van der Waals surface area contributed by atoms with Gasteiger partial charge in [-0.25, -0.2) is 0 Å². The van der Waals surface area contributed by atoms with Crippen molar-refractivity contribution in [2.75, 3.05) is 6.61 Å². The number of carbonyl (C=O) groups excluding carboxylic acids is 2. The maximum Gasteiger partial charge on any atom is 0.313 e. The molecular weight excluding hydrogens is 238 g/mol. The van der Waals surface area contributed by atoms with Crippen LogP contribution in [-0.4, -0.2) is 23.3 Å². The third kappa shape index (κ3) is 3.65. The number of carbonyl (C=O) groups is 2. The lowest BCUT2D eigenvalue weighted by molar-refractivity contribution is -0.385. The third-order valence-electron chi connectivity index (χ3n) is 2.17. The molecule has 0 unspecified atom stereocenters. The van der Waals surface area contributed by atoms with Crippen molar-refractivity contribution in [1.82, 2.24) is 0 Å². The van der Waals surface area contributed by atoms with Crippen LogP contribution in [0.25, 0.3) is 0 Å². The Balaban J connectivity index is 2.78. The lowest BCUT2D eigenvalue weighted by atomic mass is 10.1. The minimum Gasteiger partial charge on any atom is -0.465 e. The Bertz CT molecular complexity index is 469. The van der Waals surface area contributed by atoms with Crippen molar-refractivity contribution in [2.24, 2.45) is 0 Å². The lowest BCUT2D eigenvalue weighted by Gasteiger charge is -2.03. The van der Waals surface area contributed by atoms with Crippen molar-refractivity contribution >= 4 is 17.4 Å². The zero-order valence-corrected chi connectivity index (χ0v) is 9.92. The van der Waals surface area contributed by atoms with Crippen LogP contribution in [0.4, 0.5) is 5.69 Å². The average molecular weight is 251 g/mol. The summed E-state index contributed by atoms with van der Waals surface area (Å²) in [5, 5.41) is 10.7. The molecule has 96 valence electrons. The van der Waals surface area contributed by atoms with E-state index in [0.29, 0.717) is 6.42 Å². The van der Waals surface area contributed by atoms with E-state index in [1.165, 1.54) is 24.3 Å². The molecule has 18 heavy (non-hydrogen) atoms. The van der Waals surface area contributed by atoms with E-state index in [1.807, 2.05) is 6.92 Å². The number of Topliss-reactive ketones (excluding diaryl/α,β-unsaturated/α-hetero) is 1. The van der Waals surface area contributed by atoms with Crippen LogP contribution in [0.3, 0.4) is 0 Å². The van der Waals surface area contributed by atoms with Gasteiger partial charge in [0, 0.05) is 6.07 Å². The summed E-state index contributed by atoms with van der Waals surface area (Å²) in [4.78, 5) is 33.1. The van der Waals surface area contributed by atoms with Gasteiger partial charge in [-0.2, -0.15) is 0 Å². The molecule has 0 saturated heterocycles. The highest BCUT2D eigenvalue weighted by Gasteiger charge is 2.21. The number of para-hydroxylation sites is 1. The van der Waals surface area contributed by atoms with Crippen LogP contribution < -0.4 is 0 Å². The van der Waals surface area contributed by atoms with E-state index in [0.717, 1.165) is 0 Å². The molecule has 0 atom stereocenters. The number of nitrogens with zero attached hydrogens (tertiary/aromatic N) is 1. The highest BCUT2D eigenvalue weighted by Crippen LogP contribution is 2.19. The maximum atomic E-state index is 11.7. The third-order valence-corrected chi connectivity index (χ3v) is 2.17. The zero-order valence-electron chi connectivity index (χ0n) is 9.92. The molecule has 0 radical (unpaired) electrons. The van der Waals surface area contributed by atoms with Gasteiger partial charge in [0.15, 0.2) is 5.78 Å². The van der Waals surface area contributed by atoms with Crippen molar-refractivity contribution in [1.29, 1.82) is 0 Å². The summed E-state index contributed by atoms with van der Waals surface area (Å²) in [6.07, 6.45) is 0.177. The molecular formula is C12H13NO5. The molecule has 0 aliphatic rings. The summed E-state index contributed by atoms with van der Waals surface area (Å²) in [7, 11) is 0. The summed E-state index contributed by atoms with van der Waals surface area (Å²) in [5.74, 6) is -1.27. The molecule has 0 aliphatic heterocycles. The maximum absolute atomic E-state index is 11.7. The molecule has 6 nitrogen and oxygen atoms in total. The Hall–Kier alpha value is -2.24. The van der Waals surface area contributed by atoms with E-state index >= 15 is 0 Å². The summed E-state index contributed by atoms with van der Waals surface area (Å²) in [6.45, 7) is 2.07. The smallest absolute Gasteiger partial charge is 0.313 e.